The number of nitro benzene ring substituents is 1. The molecule has 8 nitrogen and oxygen atoms in total. The van der Waals surface area contributed by atoms with Gasteiger partial charge in [-0.2, -0.15) is 5.10 Å². The average molecular weight is 291 g/mol. The summed E-state index contributed by atoms with van der Waals surface area (Å²) in [7, 11) is 0. The van der Waals surface area contributed by atoms with E-state index in [1.54, 1.807) is 13.8 Å². The highest BCUT2D eigenvalue weighted by atomic mass is 16.6. The van der Waals surface area contributed by atoms with Crippen molar-refractivity contribution in [3.05, 3.63) is 46.3 Å². The van der Waals surface area contributed by atoms with Gasteiger partial charge in [0.2, 0.25) is 0 Å². The molecule has 110 valence electrons. The molecule has 0 aliphatic carbocycles. The zero-order valence-electron chi connectivity index (χ0n) is 11.4. The summed E-state index contributed by atoms with van der Waals surface area (Å²) in [6.07, 6.45) is 1.23. The maximum atomic E-state index is 11.0. The zero-order valence-corrected chi connectivity index (χ0v) is 11.4. The van der Waals surface area contributed by atoms with Crippen molar-refractivity contribution in [3.8, 4) is 11.4 Å². The molecule has 2 aromatic rings. The lowest BCUT2D eigenvalue weighted by molar-refractivity contribution is -0.386. The van der Waals surface area contributed by atoms with Crippen LogP contribution in [0.2, 0.25) is 0 Å². The predicted molar refractivity (Wildman–Crippen MR) is 72.9 cm³/mol. The number of rotatable bonds is 5. The van der Waals surface area contributed by atoms with Crippen LogP contribution >= 0.6 is 0 Å². The zero-order chi connectivity index (χ0) is 15.6. The summed E-state index contributed by atoms with van der Waals surface area (Å²) >= 11 is 0. The number of hydrogen-bond acceptors (Lipinski definition) is 5. The van der Waals surface area contributed by atoms with E-state index in [1.165, 1.54) is 35.1 Å². The smallest absolute Gasteiger partial charge is 0.356 e. The molecule has 1 N–H and O–H groups in total. The Morgan fingerprint density at radius 1 is 1.43 bits per heavy atom. The van der Waals surface area contributed by atoms with Crippen molar-refractivity contribution in [2.45, 2.75) is 20.0 Å². The van der Waals surface area contributed by atoms with Crippen molar-refractivity contribution in [2.75, 3.05) is 0 Å². The fraction of sp³-hybridized carbons (Fsp3) is 0.231. The second kappa shape index (κ2) is 5.61. The first-order chi connectivity index (χ1) is 9.88. The maximum absolute atomic E-state index is 11.0. The second-order valence-corrected chi connectivity index (χ2v) is 4.53. The van der Waals surface area contributed by atoms with Crippen molar-refractivity contribution >= 4 is 11.7 Å². The van der Waals surface area contributed by atoms with Gasteiger partial charge in [-0.05, 0) is 26.0 Å². The van der Waals surface area contributed by atoms with Crippen LogP contribution in [0.4, 0.5) is 5.69 Å². The molecule has 0 saturated heterocycles. The lowest BCUT2D eigenvalue weighted by Crippen LogP contribution is -2.08. The van der Waals surface area contributed by atoms with Crippen molar-refractivity contribution in [1.82, 2.24) is 9.78 Å². The first-order valence-electron chi connectivity index (χ1n) is 6.13. The third-order valence-electron chi connectivity index (χ3n) is 2.58. The van der Waals surface area contributed by atoms with Crippen molar-refractivity contribution in [3.63, 3.8) is 0 Å². The van der Waals surface area contributed by atoms with Gasteiger partial charge >= 0.3 is 11.7 Å². The molecule has 0 amide bonds. The highest BCUT2D eigenvalue weighted by molar-refractivity contribution is 5.85. The molecule has 1 aromatic heterocycles. The summed E-state index contributed by atoms with van der Waals surface area (Å²) in [5.41, 5.74) is 0.210. The van der Waals surface area contributed by atoms with Gasteiger partial charge in [0.1, 0.15) is 0 Å². The van der Waals surface area contributed by atoms with E-state index in [0.717, 1.165) is 0 Å². The van der Waals surface area contributed by atoms with E-state index in [-0.39, 0.29) is 23.2 Å². The summed E-state index contributed by atoms with van der Waals surface area (Å²) in [5.74, 6) is -1.03. The number of hydrogen-bond donors (Lipinski definition) is 1. The average Bonchev–Trinajstić information content (AvgIpc) is 2.87. The second-order valence-electron chi connectivity index (χ2n) is 4.53. The largest absolute Gasteiger partial charge is 0.484 e. The van der Waals surface area contributed by atoms with Crippen LogP contribution in [0.1, 0.15) is 24.3 Å². The molecule has 1 aromatic carbocycles. The molecule has 0 aliphatic heterocycles. The van der Waals surface area contributed by atoms with Crippen molar-refractivity contribution in [1.29, 1.82) is 0 Å². The molecule has 0 aliphatic rings. The molecule has 0 atom stereocenters. The van der Waals surface area contributed by atoms with E-state index >= 15 is 0 Å². The number of carboxylic acid groups (broad SMARTS) is 1. The number of nitrogens with zero attached hydrogens (tertiary/aromatic N) is 3. The van der Waals surface area contributed by atoms with E-state index in [1.807, 2.05) is 0 Å². The van der Waals surface area contributed by atoms with E-state index in [0.29, 0.717) is 5.69 Å². The predicted octanol–water partition coefficient (Wildman–Crippen LogP) is 2.27. The molecular weight excluding hydrogens is 278 g/mol. The molecule has 21 heavy (non-hydrogen) atoms. The molecule has 0 radical (unpaired) electrons. The van der Waals surface area contributed by atoms with Gasteiger partial charge in [0, 0.05) is 18.3 Å². The Hall–Kier alpha value is -2.90. The van der Waals surface area contributed by atoms with Gasteiger partial charge in [-0.15, -0.1) is 0 Å². The molecule has 0 saturated carbocycles. The van der Waals surface area contributed by atoms with Crippen LogP contribution in [-0.2, 0) is 0 Å². The first-order valence-corrected chi connectivity index (χ1v) is 6.13. The Morgan fingerprint density at radius 3 is 2.67 bits per heavy atom. The molecule has 0 bridgehead atoms. The summed E-state index contributed by atoms with van der Waals surface area (Å²) in [4.78, 5) is 21.2. The van der Waals surface area contributed by atoms with E-state index in [4.69, 9.17) is 9.84 Å². The summed E-state index contributed by atoms with van der Waals surface area (Å²) in [6, 6.07) is 5.57. The third-order valence-corrected chi connectivity index (χ3v) is 2.58. The molecule has 2 rings (SSSR count). The van der Waals surface area contributed by atoms with Crippen LogP contribution in [0.5, 0.6) is 5.75 Å². The molecule has 0 spiro atoms. The Labute approximate surface area is 119 Å². The number of aromatic carboxylic acids is 1. The van der Waals surface area contributed by atoms with Crippen molar-refractivity contribution < 1.29 is 19.6 Å². The normalized spacial score (nSPS) is 10.6. The monoisotopic (exact) mass is 291 g/mol. The maximum Gasteiger partial charge on any atom is 0.356 e. The Bertz CT molecular complexity index is 693. The minimum atomic E-state index is -1.14. The van der Waals surface area contributed by atoms with E-state index in [9.17, 15) is 14.9 Å². The fourth-order valence-electron chi connectivity index (χ4n) is 1.73. The Morgan fingerprint density at radius 2 is 2.14 bits per heavy atom. The Kier molecular flexibility index (Phi) is 3.88. The minimum absolute atomic E-state index is 0.111. The van der Waals surface area contributed by atoms with Gasteiger partial charge < -0.3 is 9.84 Å². The van der Waals surface area contributed by atoms with Gasteiger partial charge in [0.05, 0.1) is 16.7 Å². The molecule has 0 fully saturated rings. The van der Waals surface area contributed by atoms with E-state index < -0.39 is 10.9 Å². The van der Waals surface area contributed by atoms with Crippen LogP contribution in [0, 0.1) is 10.1 Å². The number of nitro groups is 1. The van der Waals surface area contributed by atoms with Crippen LogP contribution in [0.25, 0.3) is 5.69 Å². The highest BCUT2D eigenvalue weighted by Gasteiger charge is 2.18. The lowest BCUT2D eigenvalue weighted by Gasteiger charge is -2.11. The Balaban J connectivity index is 2.44. The number of carbonyl (C=O) groups is 1. The number of ether oxygens (including phenoxy) is 1. The standard InChI is InChI=1S/C13H13N3O5/c1-8(2)21-12-7-9(3-4-11(12)16(19)20)15-6-5-10(14-15)13(17)18/h3-8H,1-2H3,(H,17,18). The highest BCUT2D eigenvalue weighted by Crippen LogP contribution is 2.30. The van der Waals surface area contributed by atoms with Crippen LogP contribution < -0.4 is 4.74 Å². The summed E-state index contributed by atoms with van der Waals surface area (Å²) < 4.78 is 6.74. The minimum Gasteiger partial charge on any atom is -0.484 e. The van der Waals surface area contributed by atoms with Crippen LogP contribution in [-0.4, -0.2) is 31.9 Å². The van der Waals surface area contributed by atoms with Gasteiger partial charge in [-0.3, -0.25) is 10.1 Å². The number of benzene rings is 1. The van der Waals surface area contributed by atoms with Gasteiger partial charge in [0.15, 0.2) is 11.4 Å². The van der Waals surface area contributed by atoms with E-state index in [2.05, 4.69) is 5.10 Å². The summed E-state index contributed by atoms with van der Waals surface area (Å²) in [5, 5.41) is 23.7. The molecule has 0 unspecified atom stereocenters. The molecular formula is C13H13N3O5. The van der Waals surface area contributed by atoms with Crippen LogP contribution in [0.3, 0.4) is 0 Å². The SMILES string of the molecule is CC(C)Oc1cc(-n2ccc(C(=O)O)n2)ccc1[N+](=O)[O-]. The van der Waals surface area contributed by atoms with Crippen molar-refractivity contribution in [2.24, 2.45) is 0 Å². The number of carboxylic acids is 1. The topological polar surface area (TPSA) is 107 Å². The first kappa shape index (κ1) is 14.5. The summed E-state index contributed by atoms with van der Waals surface area (Å²) in [6.45, 7) is 3.51. The number of aromatic nitrogens is 2. The van der Waals surface area contributed by atoms with Crippen LogP contribution in [0.15, 0.2) is 30.5 Å². The van der Waals surface area contributed by atoms with Gasteiger partial charge in [-0.25, -0.2) is 9.48 Å². The van der Waals surface area contributed by atoms with Gasteiger partial charge in [-0.1, -0.05) is 0 Å². The fourth-order valence-corrected chi connectivity index (χ4v) is 1.73. The lowest BCUT2D eigenvalue weighted by atomic mass is 10.2. The molecule has 8 heteroatoms. The van der Waals surface area contributed by atoms with Gasteiger partial charge in [0.25, 0.3) is 0 Å². The molecule has 1 heterocycles. The third kappa shape index (κ3) is 3.16. The quantitative estimate of drug-likeness (QED) is 0.668.